The largest absolute Gasteiger partial charge is 0.396 e. The van der Waals surface area contributed by atoms with Crippen LogP contribution in [-0.2, 0) is 32.3 Å². The van der Waals surface area contributed by atoms with Gasteiger partial charge in [-0.05, 0) is 30.5 Å². The van der Waals surface area contributed by atoms with Crippen molar-refractivity contribution < 1.29 is 24.2 Å². The van der Waals surface area contributed by atoms with Crippen molar-refractivity contribution >= 4 is 28.8 Å². The van der Waals surface area contributed by atoms with Crippen molar-refractivity contribution in [1.82, 2.24) is 29.7 Å². The molecule has 11 nitrogen and oxygen atoms in total. The number of benzene rings is 2. The lowest BCUT2D eigenvalue weighted by Crippen LogP contribution is -2.55. The van der Waals surface area contributed by atoms with Gasteiger partial charge in [-0.1, -0.05) is 72.0 Å². The van der Waals surface area contributed by atoms with E-state index in [2.05, 4.69) is 10.3 Å². The molecular weight excluding hydrogens is 548 g/mol. The van der Waals surface area contributed by atoms with Gasteiger partial charge in [0, 0.05) is 32.8 Å². The Balaban J connectivity index is 1.24. The van der Waals surface area contributed by atoms with Gasteiger partial charge < -0.3 is 24.5 Å². The molecule has 2 fully saturated rings. The number of para-hydroxylation sites is 1. The summed E-state index contributed by atoms with van der Waals surface area (Å²) in [7, 11) is 0. The number of carbonyl (C=O) groups is 3. The monoisotopic (exact) mass is 582 g/mol. The van der Waals surface area contributed by atoms with E-state index in [0.717, 1.165) is 16.6 Å². The lowest BCUT2D eigenvalue weighted by atomic mass is 9.77. The van der Waals surface area contributed by atoms with Crippen LogP contribution in [0.5, 0.6) is 0 Å². The molecule has 0 bridgehead atoms. The minimum Gasteiger partial charge on any atom is -0.396 e. The minimum atomic E-state index is -1.29. The summed E-state index contributed by atoms with van der Waals surface area (Å²) in [4.78, 5) is 48.0. The van der Waals surface area contributed by atoms with Crippen molar-refractivity contribution in [3.63, 3.8) is 0 Å². The molecule has 1 unspecified atom stereocenters. The molecule has 1 aromatic heterocycles. The van der Waals surface area contributed by atoms with E-state index in [9.17, 15) is 19.5 Å². The fraction of sp³-hybridized carbons (Fsp3) is 0.406. The molecule has 4 aliphatic heterocycles. The number of hydrogen-bond acceptors (Lipinski definition) is 7. The van der Waals surface area contributed by atoms with Gasteiger partial charge in [-0.2, -0.15) is 0 Å². The average Bonchev–Trinajstić information content (AvgIpc) is 3.57. The molecule has 222 valence electrons. The van der Waals surface area contributed by atoms with Crippen LogP contribution < -0.4 is 0 Å². The first kappa shape index (κ1) is 27.5. The first-order chi connectivity index (χ1) is 21.0. The normalized spacial score (nSPS) is 28.3. The van der Waals surface area contributed by atoms with Gasteiger partial charge >= 0.3 is 0 Å². The highest BCUT2D eigenvalue weighted by atomic mass is 16.5. The number of unbranched alkanes of at least 4 members (excludes halogenated alkanes) is 1. The summed E-state index contributed by atoms with van der Waals surface area (Å²) in [6.07, 6.45) is 7.90. The first-order valence-electron chi connectivity index (χ1n) is 14.8. The van der Waals surface area contributed by atoms with Crippen molar-refractivity contribution in [2.24, 2.45) is 11.8 Å². The second kappa shape index (κ2) is 11.1. The summed E-state index contributed by atoms with van der Waals surface area (Å²) in [5, 5.41) is 17.9. The second-order valence-corrected chi connectivity index (χ2v) is 11.6. The third-order valence-corrected chi connectivity index (χ3v) is 9.07. The Labute approximate surface area is 249 Å². The number of aliphatic hydroxyl groups is 1. The first-order valence-corrected chi connectivity index (χ1v) is 14.8. The van der Waals surface area contributed by atoms with Crippen LogP contribution in [0.25, 0.3) is 11.0 Å². The molecule has 5 heterocycles. The van der Waals surface area contributed by atoms with Crippen molar-refractivity contribution in [2.75, 3.05) is 26.2 Å². The SMILES string of the molecule is O=C1C2N(CCCCO)C(=O)[C@@H]3[C@@H]4C(=O)N(Cc5ccccc5)CC=C[C@@H]4O[C@]23C=CCN1Cn1nnc2ccccc21. The van der Waals surface area contributed by atoms with Gasteiger partial charge in [0.05, 0.1) is 23.5 Å². The molecule has 1 N–H and O–H groups in total. The highest BCUT2D eigenvalue weighted by molar-refractivity contribution is 5.99. The summed E-state index contributed by atoms with van der Waals surface area (Å²) in [6.45, 7) is 1.53. The summed E-state index contributed by atoms with van der Waals surface area (Å²) < 4.78 is 8.40. The lowest BCUT2D eigenvalue weighted by molar-refractivity contribution is -0.149. The zero-order chi connectivity index (χ0) is 29.6. The number of likely N-dealkylation sites (tertiary alicyclic amines) is 1. The van der Waals surface area contributed by atoms with Crippen LogP contribution in [0, 0.1) is 11.8 Å². The van der Waals surface area contributed by atoms with Crippen LogP contribution in [0.15, 0.2) is 78.9 Å². The minimum absolute atomic E-state index is 0.0143. The van der Waals surface area contributed by atoms with Crippen LogP contribution in [0.1, 0.15) is 18.4 Å². The summed E-state index contributed by atoms with van der Waals surface area (Å²) in [5.41, 5.74) is 1.23. The molecule has 43 heavy (non-hydrogen) atoms. The van der Waals surface area contributed by atoms with Gasteiger partial charge in [-0.25, -0.2) is 4.68 Å². The van der Waals surface area contributed by atoms with Gasteiger partial charge in [-0.3, -0.25) is 14.4 Å². The zero-order valence-electron chi connectivity index (χ0n) is 23.7. The number of rotatable bonds is 8. The van der Waals surface area contributed by atoms with Crippen LogP contribution >= 0.6 is 0 Å². The van der Waals surface area contributed by atoms with Gasteiger partial charge in [0.15, 0.2) is 0 Å². The molecular formula is C32H34N6O5. The van der Waals surface area contributed by atoms with E-state index < -0.39 is 29.6 Å². The number of aromatic nitrogens is 3. The summed E-state index contributed by atoms with van der Waals surface area (Å²) in [6, 6.07) is 16.4. The fourth-order valence-corrected chi connectivity index (χ4v) is 7.13. The van der Waals surface area contributed by atoms with E-state index >= 15 is 0 Å². The highest BCUT2D eigenvalue weighted by Gasteiger charge is 2.71. The fourth-order valence-electron chi connectivity index (χ4n) is 7.13. The van der Waals surface area contributed by atoms with Crippen LogP contribution in [-0.4, -0.2) is 96.5 Å². The van der Waals surface area contributed by atoms with E-state index in [0.29, 0.717) is 32.5 Å². The van der Waals surface area contributed by atoms with Gasteiger partial charge in [0.2, 0.25) is 11.8 Å². The number of nitrogens with zero attached hydrogens (tertiary/aromatic N) is 6. The standard InChI is InChI=1S/C32H34N6O5/c39-19-7-6-18-37-28-31(42)36(21-38-24-13-5-4-12-23(24)33-34-38)17-9-15-32(28)27(30(37)41)26-25(43-32)14-8-16-35(29(26)40)20-22-10-2-1-3-11-22/h1-5,8-15,25-28,39H,6-7,16-21H2/t25-,26+,27-,28?,32-/m0/s1. The third kappa shape index (κ3) is 4.54. The Morgan fingerprint density at radius 3 is 2.53 bits per heavy atom. The molecule has 0 aliphatic carbocycles. The van der Waals surface area contributed by atoms with E-state index in [1.54, 1.807) is 19.4 Å². The number of amides is 3. The van der Waals surface area contributed by atoms with Crippen molar-refractivity contribution in [3.8, 4) is 0 Å². The lowest BCUT2D eigenvalue weighted by Gasteiger charge is -2.35. The molecule has 0 saturated carbocycles. The Kier molecular flexibility index (Phi) is 7.06. The quantitative estimate of drug-likeness (QED) is 0.317. The Bertz CT molecular complexity index is 1600. The van der Waals surface area contributed by atoms with Gasteiger partial charge in [0.25, 0.3) is 5.91 Å². The summed E-state index contributed by atoms with van der Waals surface area (Å²) in [5.74, 6) is -2.29. The molecule has 0 radical (unpaired) electrons. The number of hydrogen-bond donors (Lipinski definition) is 1. The molecule has 5 atom stereocenters. The van der Waals surface area contributed by atoms with Crippen LogP contribution in [0.4, 0.5) is 0 Å². The second-order valence-electron chi connectivity index (χ2n) is 11.6. The highest BCUT2D eigenvalue weighted by Crippen LogP contribution is 2.53. The average molecular weight is 583 g/mol. The van der Waals surface area contributed by atoms with Gasteiger partial charge in [0.1, 0.15) is 23.8 Å². The molecule has 1 spiro atoms. The Hall–Kier alpha value is -4.35. The molecule has 3 amide bonds. The third-order valence-electron chi connectivity index (χ3n) is 9.07. The number of carbonyl (C=O) groups excluding carboxylic acids is 3. The smallest absolute Gasteiger partial charge is 0.250 e. The van der Waals surface area contributed by atoms with E-state index in [-0.39, 0.29) is 37.5 Å². The molecule has 4 aliphatic rings. The van der Waals surface area contributed by atoms with E-state index in [1.807, 2.05) is 78.9 Å². The molecule has 2 aromatic carbocycles. The maximum absolute atomic E-state index is 14.5. The van der Waals surface area contributed by atoms with Crippen LogP contribution in [0.2, 0.25) is 0 Å². The van der Waals surface area contributed by atoms with E-state index in [1.165, 1.54) is 0 Å². The number of fused-ring (bicyclic) bond motifs is 3. The van der Waals surface area contributed by atoms with Crippen molar-refractivity contribution in [2.45, 2.75) is 43.8 Å². The predicted molar refractivity (Wildman–Crippen MR) is 156 cm³/mol. The predicted octanol–water partition coefficient (Wildman–Crippen LogP) is 1.74. The molecule has 3 aromatic rings. The number of aliphatic hydroxyl groups excluding tert-OH is 1. The van der Waals surface area contributed by atoms with Crippen molar-refractivity contribution in [3.05, 3.63) is 84.5 Å². The van der Waals surface area contributed by atoms with Gasteiger partial charge in [-0.15, -0.1) is 5.10 Å². The van der Waals surface area contributed by atoms with E-state index in [4.69, 9.17) is 4.74 Å². The summed E-state index contributed by atoms with van der Waals surface area (Å²) >= 11 is 0. The maximum Gasteiger partial charge on any atom is 0.250 e. The number of ether oxygens (including phenoxy) is 1. The topological polar surface area (TPSA) is 121 Å². The molecule has 11 heteroatoms. The van der Waals surface area contributed by atoms with Crippen LogP contribution in [0.3, 0.4) is 0 Å². The Morgan fingerprint density at radius 1 is 0.907 bits per heavy atom. The molecule has 7 rings (SSSR count). The van der Waals surface area contributed by atoms with Crippen molar-refractivity contribution in [1.29, 1.82) is 0 Å². The maximum atomic E-state index is 14.5. The Morgan fingerprint density at radius 2 is 1.70 bits per heavy atom. The zero-order valence-corrected chi connectivity index (χ0v) is 23.7. The molecule has 2 saturated heterocycles.